The maximum atomic E-state index is 15.5. The van der Waals surface area contributed by atoms with Crippen LogP contribution in [0, 0.1) is 5.92 Å². The quantitative estimate of drug-likeness (QED) is 0.139. The molecule has 10 rings (SSSR count). The third-order valence-electron chi connectivity index (χ3n) is 12.8. The second-order valence-electron chi connectivity index (χ2n) is 17.1. The van der Waals surface area contributed by atoms with E-state index in [0.29, 0.717) is 69.7 Å². The molecule has 14 nitrogen and oxygen atoms in total. The number of carbonyl (C=O) groups excluding carboxylic acids is 3. The van der Waals surface area contributed by atoms with Gasteiger partial charge in [-0.2, -0.15) is 0 Å². The summed E-state index contributed by atoms with van der Waals surface area (Å²) in [5, 5.41) is 19.6. The number of carbonyl (C=O) groups is 3. The number of hydrogen-bond acceptors (Lipinski definition) is 10. The smallest absolute Gasteiger partial charge is 0.269 e. The van der Waals surface area contributed by atoms with E-state index in [-0.39, 0.29) is 43.0 Å². The Labute approximate surface area is 365 Å². The Bertz CT molecular complexity index is 2740. The van der Waals surface area contributed by atoms with Crippen molar-refractivity contribution in [2.45, 2.75) is 62.9 Å². The maximum Gasteiger partial charge on any atom is 0.269 e. The number of anilines is 5. The lowest BCUT2D eigenvalue weighted by Gasteiger charge is -2.33. The van der Waals surface area contributed by atoms with Gasteiger partial charge in [-0.05, 0) is 85.2 Å². The van der Waals surface area contributed by atoms with Crippen LogP contribution in [0.2, 0.25) is 18.6 Å². The molecule has 15 heteroatoms. The maximum absolute atomic E-state index is 15.5. The molecule has 5 atom stereocenters. The summed E-state index contributed by atoms with van der Waals surface area (Å²) < 4.78 is 20.3. The molecule has 320 valence electrons. The minimum absolute atomic E-state index is 0.0749. The van der Waals surface area contributed by atoms with Crippen molar-refractivity contribution in [3.05, 3.63) is 150 Å². The first-order valence-corrected chi connectivity index (χ1v) is 24.1. The second-order valence-corrected chi connectivity index (χ2v) is 21.1. The van der Waals surface area contributed by atoms with Gasteiger partial charge in [-0.1, -0.05) is 78.9 Å². The summed E-state index contributed by atoms with van der Waals surface area (Å²) in [6.45, 7) is 6.07. The lowest BCUT2D eigenvalue weighted by atomic mass is 9.82. The van der Waals surface area contributed by atoms with Gasteiger partial charge >= 0.3 is 0 Å². The third-order valence-corrected chi connectivity index (χ3v) is 15.3. The predicted molar refractivity (Wildman–Crippen MR) is 237 cm³/mol. The van der Waals surface area contributed by atoms with Crippen LogP contribution < -0.4 is 24.2 Å². The monoisotopic (exact) mass is 862 g/mol. The summed E-state index contributed by atoms with van der Waals surface area (Å²) in [7, 11) is -3.05. The van der Waals surface area contributed by atoms with E-state index in [1.807, 2.05) is 141 Å². The Kier molecular flexibility index (Phi) is 10.0. The number of benzene rings is 5. The Balaban J connectivity index is 1.00. The molecule has 4 aliphatic heterocycles. The molecule has 4 aliphatic rings. The van der Waals surface area contributed by atoms with Gasteiger partial charge in [0.1, 0.15) is 23.3 Å². The molecule has 1 saturated heterocycles. The lowest BCUT2D eigenvalue weighted by molar-refractivity contribution is -0.146. The highest BCUT2D eigenvalue weighted by molar-refractivity contribution is 6.71. The molecule has 0 aliphatic carbocycles. The molecule has 0 saturated carbocycles. The molecular weight excluding hydrogens is 817 g/mol. The average molecular weight is 863 g/mol. The van der Waals surface area contributed by atoms with Crippen molar-refractivity contribution in [2.75, 3.05) is 27.9 Å². The lowest BCUT2D eigenvalue weighted by Crippen LogP contribution is -2.46. The largest absolute Gasteiger partial charge is 0.482 e. The van der Waals surface area contributed by atoms with Gasteiger partial charge in [0.15, 0.2) is 27.1 Å². The molecular formula is C48H46N6O8Si. The van der Waals surface area contributed by atoms with Crippen molar-refractivity contribution in [1.82, 2.24) is 15.0 Å². The number of aliphatic hydroxyl groups excluding tert-OH is 1. The predicted octanol–water partition coefficient (Wildman–Crippen LogP) is 6.91. The average Bonchev–Trinajstić information content (AvgIpc) is 3.96. The van der Waals surface area contributed by atoms with E-state index < -0.39 is 32.0 Å². The van der Waals surface area contributed by atoms with Crippen LogP contribution in [-0.2, 0) is 37.8 Å². The summed E-state index contributed by atoms with van der Waals surface area (Å²) in [5.41, 5.74) is 3.77. The van der Waals surface area contributed by atoms with Crippen LogP contribution in [0.25, 0.3) is 0 Å². The minimum Gasteiger partial charge on any atom is -0.482 e. The van der Waals surface area contributed by atoms with Gasteiger partial charge in [0.05, 0.1) is 35.9 Å². The van der Waals surface area contributed by atoms with Crippen LogP contribution in [0.5, 0.6) is 11.5 Å². The Morgan fingerprint density at radius 2 is 1.38 bits per heavy atom. The van der Waals surface area contributed by atoms with E-state index in [0.717, 1.165) is 5.56 Å². The van der Waals surface area contributed by atoms with Crippen LogP contribution in [-0.4, -0.2) is 70.3 Å². The number of ether oxygens (including phenoxy) is 3. The van der Waals surface area contributed by atoms with Crippen molar-refractivity contribution < 1.29 is 38.5 Å². The first-order chi connectivity index (χ1) is 30.4. The van der Waals surface area contributed by atoms with Gasteiger partial charge in [-0.15, -0.1) is 5.10 Å². The van der Waals surface area contributed by atoms with Crippen molar-refractivity contribution in [3.8, 4) is 11.5 Å². The molecule has 3 amide bonds. The van der Waals surface area contributed by atoms with Gasteiger partial charge in [-0.3, -0.25) is 28.9 Å². The topological polar surface area (TPSA) is 160 Å². The highest BCUT2D eigenvalue weighted by atomic mass is 28.4. The van der Waals surface area contributed by atoms with Crippen LogP contribution in [0.1, 0.15) is 41.8 Å². The van der Waals surface area contributed by atoms with E-state index in [4.69, 9.17) is 14.2 Å². The number of para-hydroxylation sites is 4. The molecule has 1 spiro atoms. The number of nitrogens with zero attached hydrogens (tertiary/aromatic N) is 6. The zero-order valence-electron chi connectivity index (χ0n) is 35.0. The summed E-state index contributed by atoms with van der Waals surface area (Å²) in [5.74, 6) is 0.00462. The fourth-order valence-electron chi connectivity index (χ4n) is 9.95. The van der Waals surface area contributed by atoms with E-state index in [9.17, 15) is 19.5 Å². The zero-order chi connectivity index (χ0) is 43.6. The first kappa shape index (κ1) is 40.4. The Morgan fingerprint density at radius 3 is 2.03 bits per heavy atom. The van der Waals surface area contributed by atoms with Crippen molar-refractivity contribution in [1.29, 1.82) is 0 Å². The molecule has 0 bridgehead atoms. The third kappa shape index (κ3) is 6.88. The fourth-order valence-corrected chi connectivity index (χ4v) is 12.6. The number of amides is 3. The number of hydrogen-bond donors (Lipinski definition) is 2. The van der Waals surface area contributed by atoms with E-state index in [1.54, 1.807) is 25.6 Å². The highest BCUT2D eigenvalue weighted by Gasteiger charge is 2.66. The molecule has 5 aromatic carbocycles. The summed E-state index contributed by atoms with van der Waals surface area (Å²) in [6, 6.07) is 37.1. The highest BCUT2D eigenvalue weighted by Crippen LogP contribution is 2.60. The van der Waals surface area contributed by atoms with E-state index in [2.05, 4.69) is 10.3 Å². The fraction of sp³-hybridized carbons (Fsp3) is 0.271. The number of aliphatic hydroxyl groups is 1. The van der Waals surface area contributed by atoms with Crippen LogP contribution in [0.3, 0.4) is 0 Å². The number of fused-ring (bicyclic) bond motifs is 4. The minimum atomic E-state index is -3.05. The molecule has 1 aromatic heterocycles. The molecule has 0 radical (unpaired) electrons. The van der Waals surface area contributed by atoms with Gasteiger partial charge in [0.2, 0.25) is 0 Å². The second kappa shape index (κ2) is 15.6. The molecule has 5 heterocycles. The Morgan fingerprint density at radius 1 is 0.778 bits per heavy atom. The van der Waals surface area contributed by atoms with Gasteiger partial charge < -0.3 is 29.0 Å². The molecule has 2 N–H and O–H groups in total. The number of rotatable bonds is 10. The standard InChI is InChI=1S/C48H46N6O8Si/c1-30-46(63(2,3)59)42(23-24-51-27-36(49-50-51)45(57)32-11-5-4-6-12-32)62-48(30)35-25-34(54-39-14-8-10-16-41(39)61-29-44(54)56)21-22-37(35)52(47(48)58)26-31-17-19-33(20-18-31)53-38-13-7-9-15-40(38)60-28-43(53)55/h4-22,25,27,30,42,45-46,57,59H,23-24,26,28-29H2,1-3H3/t30-,42+,45+,46-,48+/m0/s1. The number of aryl methyl sites for hydroxylation is 1. The van der Waals surface area contributed by atoms with Gasteiger partial charge in [0.25, 0.3) is 17.7 Å². The first-order valence-electron chi connectivity index (χ1n) is 21.1. The van der Waals surface area contributed by atoms with Gasteiger partial charge in [0, 0.05) is 34.9 Å². The summed E-state index contributed by atoms with van der Waals surface area (Å²) in [6.07, 6.45) is 0.608. The molecule has 63 heavy (non-hydrogen) atoms. The normalized spacial score (nSPS) is 22.1. The van der Waals surface area contributed by atoms with Crippen molar-refractivity contribution in [3.63, 3.8) is 0 Å². The molecule has 6 aromatic rings. The van der Waals surface area contributed by atoms with Crippen LogP contribution >= 0.6 is 0 Å². The van der Waals surface area contributed by atoms with Crippen molar-refractivity contribution >= 4 is 54.5 Å². The summed E-state index contributed by atoms with van der Waals surface area (Å²) in [4.78, 5) is 59.2. The molecule has 1 fully saturated rings. The zero-order valence-corrected chi connectivity index (χ0v) is 36.0. The van der Waals surface area contributed by atoms with E-state index in [1.165, 1.54) is 0 Å². The Hall–Kier alpha value is -6.65. The van der Waals surface area contributed by atoms with E-state index >= 15 is 4.79 Å². The van der Waals surface area contributed by atoms with Gasteiger partial charge in [-0.25, -0.2) is 0 Å². The SMILES string of the molecule is C[C@H]1[C@H]([Si](C)(C)O)[C@@H](CCn2cc([C@H](O)c3ccccc3)nn2)O[C@]12C(=O)N(Cc1ccc(N3C(=O)COc4ccccc43)cc1)c1ccc(N3C(=O)COc4ccccc43)cc12. The molecule has 0 unspecified atom stereocenters. The summed E-state index contributed by atoms with van der Waals surface area (Å²) >= 11 is 0. The number of aromatic nitrogens is 3. The van der Waals surface area contributed by atoms with Crippen LogP contribution in [0.4, 0.5) is 28.4 Å². The van der Waals surface area contributed by atoms with Crippen LogP contribution in [0.15, 0.2) is 128 Å². The van der Waals surface area contributed by atoms with Crippen molar-refractivity contribution in [2.24, 2.45) is 5.92 Å².